The maximum atomic E-state index is 6.26. The van der Waals surface area contributed by atoms with Crippen LogP contribution in [0.15, 0.2) is 47.5 Å². The van der Waals surface area contributed by atoms with E-state index in [0.29, 0.717) is 0 Å². The quantitative estimate of drug-likeness (QED) is 0.843. The lowest BCUT2D eigenvalue weighted by molar-refractivity contribution is 0.837. The summed E-state index contributed by atoms with van der Waals surface area (Å²) in [5.41, 5.74) is 9.48. The lowest BCUT2D eigenvalue weighted by Gasteiger charge is -2.15. The van der Waals surface area contributed by atoms with Crippen LogP contribution in [0.1, 0.15) is 22.9 Å². The molecule has 1 heterocycles. The predicted molar refractivity (Wildman–Crippen MR) is 73.2 cm³/mol. The molecule has 1 aromatic carbocycles. The van der Waals surface area contributed by atoms with E-state index >= 15 is 0 Å². The van der Waals surface area contributed by atoms with Gasteiger partial charge in [-0.3, -0.25) is 0 Å². The van der Waals surface area contributed by atoms with E-state index in [1.807, 2.05) is 49.6 Å². The van der Waals surface area contributed by atoms with Crippen LogP contribution in [0.4, 0.5) is 0 Å². The number of nitrogens with zero attached hydrogens (tertiary/aromatic N) is 1. The van der Waals surface area contributed by atoms with E-state index in [-0.39, 0.29) is 6.04 Å². The topological polar surface area (TPSA) is 38.9 Å². The Hall–Kier alpha value is -1.32. The first kappa shape index (κ1) is 12.1. The van der Waals surface area contributed by atoms with Crippen LogP contribution in [0.25, 0.3) is 0 Å². The molecule has 0 unspecified atom stereocenters. The zero-order valence-electron chi connectivity index (χ0n) is 10.1. The zero-order chi connectivity index (χ0) is 12.3. The molecule has 2 nitrogen and oxygen atoms in total. The predicted octanol–water partition coefficient (Wildman–Crippen LogP) is 3.16. The van der Waals surface area contributed by atoms with Crippen molar-refractivity contribution in [2.24, 2.45) is 5.73 Å². The second-order valence-electron chi connectivity index (χ2n) is 3.92. The first-order valence-electron chi connectivity index (χ1n) is 5.54. The smallest absolute Gasteiger partial charge is 0.0960 e. The SMILES string of the molecule is CSc1ccc([C@@H](N)c2ccccc2)c(C)n1. The van der Waals surface area contributed by atoms with Crippen LogP contribution in [0, 0.1) is 6.92 Å². The van der Waals surface area contributed by atoms with Crippen LogP contribution < -0.4 is 5.73 Å². The van der Waals surface area contributed by atoms with Crippen LogP contribution in [0.3, 0.4) is 0 Å². The van der Waals surface area contributed by atoms with Gasteiger partial charge in [-0.25, -0.2) is 4.98 Å². The third-order valence-corrected chi connectivity index (χ3v) is 3.45. The molecule has 1 atom stereocenters. The number of nitrogens with two attached hydrogens (primary N) is 1. The molecular weight excluding hydrogens is 228 g/mol. The van der Waals surface area contributed by atoms with E-state index in [1.54, 1.807) is 11.8 Å². The van der Waals surface area contributed by atoms with Gasteiger partial charge in [0, 0.05) is 5.69 Å². The Morgan fingerprint density at radius 2 is 1.82 bits per heavy atom. The number of hydrogen-bond donors (Lipinski definition) is 1. The molecule has 2 rings (SSSR count). The van der Waals surface area contributed by atoms with Crippen molar-refractivity contribution in [2.45, 2.75) is 18.0 Å². The number of benzene rings is 1. The molecule has 1 aromatic heterocycles. The second-order valence-corrected chi connectivity index (χ2v) is 4.74. The summed E-state index contributed by atoms with van der Waals surface area (Å²) in [6, 6.07) is 14.1. The highest BCUT2D eigenvalue weighted by Crippen LogP contribution is 2.23. The van der Waals surface area contributed by atoms with Crippen molar-refractivity contribution in [1.82, 2.24) is 4.98 Å². The molecule has 0 spiro atoms. The van der Waals surface area contributed by atoms with E-state index in [2.05, 4.69) is 11.1 Å². The van der Waals surface area contributed by atoms with Crippen LogP contribution >= 0.6 is 11.8 Å². The molecule has 0 aliphatic rings. The summed E-state index contributed by atoms with van der Waals surface area (Å²) < 4.78 is 0. The summed E-state index contributed by atoms with van der Waals surface area (Å²) in [7, 11) is 0. The number of pyridine rings is 1. The van der Waals surface area contributed by atoms with Gasteiger partial charge >= 0.3 is 0 Å². The number of rotatable bonds is 3. The maximum absolute atomic E-state index is 6.26. The lowest BCUT2D eigenvalue weighted by atomic mass is 9.99. The molecule has 17 heavy (non-hydrogen) atoms. The van der Waals surface area contributed by atoms with Crippen LogP contribution in [-0.4, -0.2) is 11.2 Å². The van der Waals surface area contributed by atoms with Crippen LogP contribution in [-0.2, 0) is 0 Å². The van der Waals surface area contributed by atoms with Gasteiger partial charge in [0.2, 0.25) is 0 Å². The van der Waals surface area contributed by atoms with E-state index in [4.69, 9.17) is 5.73 Å². The van der Waals surface area contributed by atoms with Crippen molar-refractivity contribution < 1.29 is 0 Å². The van der Waals surface area contributed by atoms with Crippen LogP contribution in [0.5, 0.6) is 0 Å². The molecule has 0 radical (unpaired) electrons. The van der Waals surface area contributed by atoms with Crippen molar-refractivity contribution in [1.29, 1.82) is 0 Å². The number of hydrogen-bond acceptors (Lipinski definition) is 3. The molecule has 88 valence electrons. The average Bonchev–Trinajstić information content (AvgIpc) is 2.39. The highest BCUT2D eigenvalue weighted by Gasteiger charge is 2.12. The molecule has 0 saturated heterocycles. The van der Waals surface area contributed by atoms with Gasteiger partial charge in [0.25, 0.3) is 0 Å². The Kier molecular flexibility index (Phi) is 3.82. The lowest BCUT2D eigenvalue weighted by Crippen LogP contribution is -2.13. The minimum atomic E-state index is -0.0976. The molecule has 2 N–H and O–H groups in total. The van der Waals surface area contributed by atoms with Gasteiger partial charge in [-0.2, -0.15) is 0 Å². The van der Waals surface area contributed by atoms with Gasteiger partial charge in [-0.1, -0.05) is 36.4 Å². The summed E-state index contributed by atoms with van der Waals surface area (Å²) >= 11 is 1.65. The summed E-state index contributed by atoms with van der Waals surface area (Å²) in [5, 5.41) is 1.03. The average molecular weight is 244 g/mol. The van der Waals surface area contributed by atoms with Crippen molar-refractivity contribution in [3.63, 3.8) is 0 Å². The number of thioether (sulfide) groups is 1. The van der Waals surface area contributed by atoms with Crippen molar-refractivity contribution in [2.75, 3.05) is 6.26 Å². The van der Waals surface area contributed by atoms with Gasteiger partial charge in [0.05, 0.1) is 11.1 Å². The summed E-state index contributed by atoms with van der Waals surface area (Å²) in [4.78, 5) is 4.52. The first-order valence-corrected chi connectivity index (χ1v) is 6.77. The molecule has 2 aromatic rings. The Bertz CT molecular complexity index is 497. The molecule has 0 aliphatic heterocycles. The Balaban J connectivity index is 2.34. The summed E-state index contributed by atoms with van der Waals surface area (Å²) in [5.74, 6) is 0. The normalized spacial score (nSPS) is 12.4. The molecule has 0 fully saturated rings. The molecule has 0 amide bonds. The Morgan fingerprint density at radius 1 is 1.12 bits per heavy atom. The van der Waals surface area contributed by atoms with Gasteiger partial charge in [-0.05, 0) is 30.4 Å². The Labute approximate surface area is 106 Å². The zero-order valence-corrected chi connectivity index (χ0v) is 10.9. The minimum absolute atomic E-state index is 0.0976. The van der Waals surface area contributed by atoms with Gasteiger partial charge in [0.1, 0.15) is 0 Å². The fourth-order valence-corrected chi connectivity index (χ4v) is 2.26. The fourth-order valence-electron chi connectivity index (χ4n) is 1.83. The van der Waals surface area contributed by atoms with E-state index in [0.717, 1.165) is 21.8 Å². The molecule has 0 bridgehead atoms. The highest BCUT2D eigenvalue weighted by molar-refractivity contribution is 7.98. The molecule has 0 aliphatic carbocycles. The molecular formula is C14H16N2S. The second kappa shape index (κ2) is 5.34. The standard InChI is InChI=1S/C14H16N2S/c1-10-12(8-9-13(16-10)17-2)14(15)11-6-4-3-5-7-11/h3-9,14H,15H2,1-2H3/t14-/m0/s1. The van der Waals surface area contributed by atoms with E-state index < -0.39 is 0 Å². The Morgan fingerprint density at radius 3 is 2.41 bits per heavy atom. The molecule has 3 heteroatoms. The number of aromatic nitrogens is 1. The highest BCUT2D eigenvalue weighted by atomic mass is 32.2. The third kappa shape index (κ3) is 2.68. The maximum Gasteiger partial charge on any atom is 0.0960 e. The van der Waals surface area contributed by atoms with Crippen molar-refractivity contribution in [3.8, 4) is 0 Å². The monoisotopic (exact) mass is 244 g/mol. The third-order valence-electron chi connectivity index (χ3n) is 2.80. The van der Waals surface area contributed by atoms with Gasteiger partial charge in [-0.15, -0.1) is 11.8 Å². The summed E-state index contributed by atoms with van der Waals surface area (Å²) in [6.07, 6.45) is 2.03. The minimum Gasteiger partial charge on any atom is -0.320 e. The summed E-state index contributed by atoms with van der Waals surface area (Å²) in [6.45, 7) is 2.01. The molecule has 0 saturated carbocycles. The fraction of sp³-hybridized carbons (Fsp3) is 0.214. The van der Waals surface area contributed by atoms with Crippen molar-refractivity contribution in [3.05, 3.63) is 59.3 Å². The van der Waals surface area contributed by atoms with Gasteiger partial charge < -0.3 is 5.73 Å². The van der Waals surface area contributed by atoms with E-state index in [1.165, 1.54) is 0 Å². The van der Waals surface area contributed by atoms with E-state index in [9.17, 15) is 0 Å². The van der Waals surface area contributed by atoms with Crippen molar-refractivity contribution >= 4 is 11.8 Å². The van der Waals surface area contributed by atoms with Crippen LogP contribution in [0.2, 0.25) is 0 Å². The number of aryl methyl sites for hydroxylation is 1. The largest absolute Gasteiger partial charge is 0.320 e. The van der Waals surface area contributed by atoms with Gasteiger partial charge in [0.15, 0.2) is 0 Å². The first-order chi connectivity index (χ1) is 8.22.